The predicted molar refractivity (Wildman–Crippen MR) is 93.2 cm³/mol. The lowest BCUT2D eigenvalue weighted by atomic mass is 9.87. The third kappa shape index (κ3) is 4.49. The molecule has 2 aromatic rings. The fourth-order valence-corrected chi connectivity index (χ4v) is 3.31. The van der Waals surface area contributed by atoms with Gasteiger partial charge in [0.25, 0.3) is 0 Å². The van der Waals surface area contributed by atoms with Crippen molar-refractivity contribution >= 4 is 16.9 Å². The number of nitrogens with zero attached hydrogens (tertiary/aromatic N) is 2. The quantitative estimate of drug-likeness (QED) is 0.742. The van der Waals surface area contributed by atoms with Crippen molar-refractivity contribution in [2.45, 2.75) is 38.0 Å². The Morgan fingerprint density at radius 2 is 1.69 bits per heavy atom. The zero-order valence-corrected chi connectivity index (χ0v) is 15.8. The number of halogens is 6. The minimum absolute atomic E-state index is 0.0285. The van der Waals surface area contributed by atoms with Crippen molar-refractivity contribution in [2.24, 2.45) is 0 Å². The van der Waals surface area contributed by atoms with Crippen molar-refractivity contribution in [3.8, 4) is 0 Å². The van der Waals surface area contributed by atoms with Gasteiger partial charge in [-0.15, -0.1) is 0 Å². The maximum absolute atomic E-state index is 13.4. The fourth-order valence-electron chi connectivity index (χ4n) is 3.31. The molecule has 1 aliphatic rings. The smallest absolute Gasteiger partial charge is 0.341 e. The molecule has 1 aliphatic heterocycles. The summed E-state index contributed by atoms with van der Waals surface area (Å²) in [6.45, 7) is 5.55. The van der Waals surface area contributed by atoms with Crippen molar-refractivity contribution in [2.75, 3.05) is 26.2 Å². The van der Waals surface area contributed by atoms with Gasteiger partial charge in [-0.2, -0.15) is 26.3 Å². The molecule has 160 valence electrons. The third-order valence-corrected chi connectivity index (χ3v) is 4.93. The number of rotatable bonds is 3. The van der Waals surface area contributed by atoms with E-state index in [1.165, 1.54) is 0 Å². The number of fused-ring (bicyclic) bond motifs is 1. The Morgan fingerprint density at radius 3 is 2.24 bits per heavy atom. The van der Waals surface area contributed by atoms with Crippen molar-refractivity contribution in [1.29, 1.82) is 0 Å². The second-order valence-corrected chi connectivity index (χ2v) is 7.69. The normalized spacial score (nSPS) is 16.5. The molecule has 0 radical (unpaired) electrons. The summed E-state index contributed by atoms with van der Waals surface area (Å²) in [5.41, 5.74) is -4.83. The van der Waals surface area contributed by atoms with E-state index in [9.17, 15) is 31.1 Å². The van der Waals surface area contributed by atoms with E-state index in [4.69, 9.17) is 0 Å². The monoisotopic (exact) mass is 422 g/mol. The highest BCUT2D eigenvalue weighted by Gasteiger charge is 2.40. The molecular weight excluding hydrogens is 402 g/mol. The first-order valence-electron chi connectivity index (χ1n) is 8.96. The highest BCUT2D eigenvalue weighted by Crippen LogP contribution is 2.40. The number of piperazine rings is 1. The first kappa shape index (κ1) is 21.4. The zero-order valence-electron chi connectivity index (χ0n) is 15.8. The van der Waals surface area contributed by atoms with Crippen LogP contribution in [0.25, 0.3) is 11.0 Å². The minimum atomic E-state index is -5.00. The molecular formula is C18H20F6N4O. The largest absolute Gasteiger partial charge is 0.418 e. The van der Waals surface area contributed by atoms with Crippen molar-refractivity contribution in [3.05, 3.63) is 29.1 Å². The molecule has 0 unspecified atom stereocenters. The van der Waals surface area contributed by atoms with Crippen LogP contribution in [0.5, 0.6) is 0 Å². The Labute approximate surface area is 162 Å². The fraction of sp³-hybridized carbons (Fsp3) is 0.556. The first-order chi connectivity index (χ1) is 13.3. The van der Waals surface area contributed by atoms with Crippen LogP contribution >= 0.6 is 0 Å². The molecule has 1 amide bonds. The molecule has 0 atom stereocenters. The number of H-pyrrole nitrogens is 1. The number of aromatic nitrogens is 2. The Hall–Kier alpha value is -2.30. The van der Waals surface area contributed by atoms with Gasteiger partial charge in [-0.3, -0.25) is 4.79 Å². The van der Waals surface area contributed by atoms with E-state index >= 15 is 0 Å². The highest BCUT2D eigenvalue weighted by atomic mass is 19.4. The Morgan fingerprint density at radius 1 is 1.07 bits per heavy atom. The van der Waals surface area contributed by atoms with Crippen LogP contribution in [0.3, 0.4) is 0 Å². The summed E-state index contributed by atoms with van der Waals surface area (Å²) in [5, 5.41) is 3.11. The molecule has 5 nitrogen and oxygen atoms in total. The number of hydrogen-bond acceptors (Lipinski definition) is 3. The van der Waals surface area contributed by atoms with Gasteiger partial charge in [-0.25, -0.2) is 4.98 Å². The average Bonchev–Trinajstić information content (AvgIpc) is 3.04. The Balaban J connectivity index is 2.00. The third-order valence-electron chi connectivity index (χ3n) is 4.93. The minimum Gasteiger partial charge on any atom is -0.341 e. The van der Waals surface area contributed by atoms with Crippen LogP contribution in [0, 0.1) is 0 Å². The summed E-state index contributed by atoms with van der Waals surface area (Å²) in [4.78, 5) is 20.7. The van der Waals surface area contributed by atoms with Crippen LogP contribution < -0.4 is 5.32 Å². The summed E-state index contributed by atoms with van der Waals surface area (Å²) in [7, 11) is 0. The van der Waals surface area contributed by atoms with Gasteiger partial charge in [0.2, 0.25) is 5.91 Å². The number of imidazole rings is 1. The maximum atomic E-state index is 13.4. The second-order valence-electron chi connectivity index (χ2n) is 7.69. The predicted octanol–water partition coefficient (Wildman–Crippen LogP) is 3.70. The summed E-state index contributed by atoms with van der Waals surface area (Å²) < 4.78 is 79.2. The average molecular weight is 422 g/mol. The first-order valence-corrected chi connectivity index (χ1v) is 8.96. The Bertz CT molecular complexity index is 909. The zero-order chi connectivity index (χ0) is 21.6. The number of aromatic amines is 1. The number of amides is 1. The van der Waals surface area contributed by atoms with Crippen LogP contribution in [-0.4, -0.2) is 47.0 Å². The van der Waals surface area contributed by atoms with E-state index in [1.807, 2.05) is 0 Å². The van der Waals surface area contributed by atoms with Gasteiger partial charge in [-0.1, -0.05) is 13.8 Å². The number of carbonyl (C=O) groups is 1. The van der Waals surface area contributed by atoms with Gasteiger partial charge < -0.3 is 15.2 Å². The molecule has 11 heteroatoms. The molecule has 0 spiro atoms. The summed E-state index contributed by atoms with van der Waals surface area (Å²) in [6.07, 6.45) is -9.98. The highest BCUT2D eigenvalue weighted by molar-refractivity contribution is 5.82. The van der Waals surface area contributed by atoms with Crippen molar-refractivity contribution in [1.82, 2.24) is 20.2 Å². The lowest BCUT2D eigenvalue weighted by Crippen LogP contribution is -2.47. The molecule has 2 heterocycles. The number of hydrogen-bond donors (Lipinski definition) is 2. The lowest BCUT2D eigenvalue weighted by Gasteiger charge is -2.30. The number of nitrogens with one attached hydrogen (secondary N) is 2. The van der Waals surface area contributed by atoms with Gasteiger partial charge in [0, 0.05) is 38.0 Å². The second kappa shape index (κ2) is 7.19. The van der Waals surface area contributed by atoms with Crippen LogP contribution in [0.4, 0.5) is 26.3 Å². The molecule has 1 aromatic heterocycles. The maximum Gasteiger partial charge on any atom is 0.418 e. The Kier molecular flexibility index (Phi) is 5.31. The van der Waals surface area contributed by atoms with E-state index < -0.39 is 39.9 Å². The number of benzene rings is 1. The SMILES string of the molecule is CC(C)(CC(=O)N1CCNCC1)c1nc2cc(C(F)(F)F)cc(C(F)(F)F)c2[nH]1. The van der Waals surface area contributed by atoms with E-state index in [-0.39, 0.29) is 24.2 Å². The van der Waals surface area contributed by atoms with E-state index in [0.717, 1.165) is 0 Å². The van der Waals surface area contributed by atoms with E-state index in [1.54, 1.807) is 18.7 Å². The number of carbonyl (C=O) groups excluding carboxylic acids is 1. The summed E-state index contributed by atoms with van der Waals surface area (Å²) in [6, 6.07) is 0.655. The van der Waals surface area contributed by atoms with Gasteiger partial charge in [0.15, 0.2) is 0 Å². The van der Waals surface area contributed by atoms with Crippen LogP contribution in [0.15, 0.2) is 12.1 Å². The molecule has 29 heavy (non-hydrogen) atoms. The topological polar surface area (TPSA) is 61.0 Å². The molecule has 3 rings (SSSR count). The molecule has 0 saturated carbocycles. The standard InChI is InChI=1S/C18H20F6N4O/c1-16(2,9-13(29)28-5-3-25-4-6-28)15-26-12-8-10(17(19,20)21)7-11(14(12)27-15)18(22,23)24/h7-8,25H,3-6,9H2,1-2H3,(H,26,27). The van der Waals surface area contributed by atoms with Crippen LogP contribution in [0.2, 0.25) is 0 Å². The molecule has 0 aliphatic carbocycles. The van der Waals surface area contributed by atoms with Crippen LogP contribution in [0.1, 0.15) is 37.2 Å². The molecule has 0 bridgehead atoms. The van der Waals surface area contributed by atoms with Gasteiger partial charge >= 0.3 is 12.4 Å². The lowest BCUT2D eigenvalue weighted by molar-refractivity contribution is -0.142. The molecule has 2 N–H and O–H groups in total. The van der Waals surface area contributed by atoms with Gasteiger partial charge in [0.1, 0.15) is 5.82 Å². The summed E-state index contributed by atoms with van der Waals surface area (Å²) in [5.74, 6) is -0.162. The summed E-state index contributed by atoms with van der Waals surface area (Å²) >= 11 is 0. The molecule has 1 saturated heterocycles. The van der Waals surface area contributed by atoms with Gasteiger partial charge in [0.05, 0.1) is 22.2 Å². The molecule has 1 fully saturated rings. The van der Waals surface area contributed by atoms with Crippen molar-refractivity contribution < 1.29 is 31.1 Å². The van der Waals surface area contributed by atoms with E-state index in [0.29, 0.717) is 32.2 Å². The van der Waals surface area contributed by atoms with Crippen molar-refractivity contribution in [3.63, 3.8) is 0 Å². The number of alkyl halides is 6. The van der Waals surface area contributed by atoms with Crippen LogP contribution in [-0.2, 0) is 22.6 Å². The van der Waals surface area contributed by atoms with Gasteiger partial charge in [-0.05, 0) is 12.1 Å². The molecule has 1 aromatic carbocycles. The van der Waals surface area contributed by atoms with E-state index in [2.05, 4.69) is 15.3 Å².